The monoisotopic (exact) mass is 393 g/mol. The van der Waals surface area contributed by atoms with Gasteiger partial charge in [0.15, 0.2) is 0 Å². The Morgan fingerprint density at radius 1 is 1.22 bits per heavy atom. The Morgan fingerprint density at radius 2 is 1.85 bits per heavy atom. The van der Waals surface area contributed by atoms with Crippen molar-refractivity contribution in [3.8, 4) is 5.75 Å². The molecule has 10 heteroatoms. The van der Waals surface area contributed by atoms with Crippen LogP contribution in [0.5, 0.6) is 5.75 Å². The van der Waals surface area contributed by atoms with Crippen LogP contribution in [0.4, 0.5) is 11.4 Å². The highest BCUT2D eigenvalue weighted by molar-refractivity contribution is 7.89. The Hall–Kier alpha value is -2.98. The molecule has 0 saturated carbocycles. The van der Waals surface area contributed by atoms with Gasteiger partial charge in [-0.15, -0.1) is 0 Å². The third-order valence-electron chi connectivity index (χ3n) is 3.77. The smallest absolute Gasteiger partial charge is 0.273 e. The number of sulfonamides is 1. The molecule has 144 valence electrons. The van der Waals surface area contributed by atoms with Crippen LogP contribution in [0.1, 0.15) is 5.56 Å². The summed E-state index contributed by atoms with van der Waals surface area (Å²) in [5.74, 6) is -0.512. The molecule has 0 aliphatic rings. The van der Waals surface area contributed by atoms with Crippen molar-refractivity contribution in [1.82, 2.24) is 4.31 Å². The van der Waals surface area contributed by atoms with E-state index in [2.05, 4.69) is 5.32 Å². The molecule has 0 aliphatic heterocycles. The van der Waals surface area contributed by atoms with Crippen LogP contribution in [0.2, 0.25) is 0 Å². The van der Waals surface area contributed by atoms with Crippen molar-refractivity contribution in [1.29, 1.82) is 0 Å². The molecule has 2 aromatic carbocycles. The number of hydrogen-bond acceptors (Lipinski definition) is 6. The highest BCUT2D eigenvalue weighted by Gasteiger charge is 2.23. The molecule has 0 aromatic heterocycles. The number of aryl methyl sites for hydroxylation is 1. The first-order valence-electron chi connectivity index (χ1n) is 7.80. The normalized spacial score (nSPS) is 11.3. The summed E-state index contributed by atoms with van der Waals surface area (Å²) in [6, 6.07) is 9.98. The number of amides is 1. The number of anilines is 1. The molecular weight excluding hydrogens is 374 g/mol. The molecule has 27 heavy (non-hydrogen) atoms. The number of carbonyl (C=O) groups excluding carboxylic acids is 1. The van der Waals surface area contributed by atoms with Crippen LogP contribution in [0.25, 0.3) is 0 Å². The highest BCUT2D eigenvalue weighted by Crippen LogP contribution is 2.29. The number of likely N-dealkylation sites (N-methyl/N-ethyl adjacent to an activating group) is 1. The van der Waals surface area contributed by atoms with Gasteiger partial charge in [0.2, 0.25) is 15.9 Å². The number of nitro groups is 1. The van der Waals surface area contributed by atoms with Gasteiger partial charge >= 0.3 is 0 Å². The van der Waals surface area contributed by atoms with Gasteiger partial charge in [-0.05, 0) is 25.1 Å². The van der Waals surface area contributed by atoms with E-state index in [1.807, 2.05) is 6.92 Å². The Kier molecular flexibility index (Phi) is 6.13. The van der Waals surface area contributed by atoms with Crippen molar-refractivity contribution in [3.05, 3.63) is 58.1 Å². The van der Waals surface area contributed by atoms with Crippen LogP contribution in [-0.2, 0) is 14.8 Å². The van der Waals surface area contributed by atoms with E-state index in [1.165, 1.54) is 44.5 Å². The fourth-order valence-corrected chi connectivity index (χ4v) is 3.39. The van der Waals surface area contributed by atoms with Gasteiger partial charge < -0.3 is 10.1 Å². The van der Waals surface area contributed by atoms with Gasteiger partial charge in [0.1, 0.15) is 5.75 Å². The summed E-state index contributed by atoms with van der Waals surface area (Å²) in [7, 11) is -1.22. The molecule has 0 aliphatic carbocycles. The van der Waals surface area contributed by atoms with E-state index in [1.54, 1.807) is 12.1 Å². The van der Waals surface area contributed by atoms with Crippen LogP contribution in [0, 0.1) is 17.0 Å². The lowest BCUT2D eigenvalue weighted by atomic mass is 10.2. The Labute approximate surface area is 156 Å². The van der Waals surface area contributed by atoms with Crippen molar-refractivity contribution in [2.75, 3.05) is 26.0 Å². The molecule has 9 nitrogen and oxygen atoms in total. The van der Waals surface area contributed by atoms with E-state index in [0.29, 0.717) is 0 Å². The number of carbonyl (C=O) groups is 1. The third kappa shape index (κ3) is 4.80. The quantitative estimate of drug-likeness (QED) is 0.569. The highest BCUT2D eigenvalue weighted by atomic mass is 32.2. The summed E-state index contributed by atoms with van der Waals surface area (Å²) < 4.78 is 31.0. The first kappa shape index (κ1) is 20.3. The van der Waals surface area contributed by atoms with Crippen LogP contribution in [-0.4, -0.2) is 44.3 Å². The number of nitro benzene ring substituents is 1. The Balaban J connectivity index is 2.13. The maximum atomic E-state index is 12.5. The van der Waals surface area contributed by atoms with Gasteiger partial charge in [-0.1, -0.05) is 17.7 Å². The molecule has 0 fully saturated rings. The van der Waals surface area contributed by atoms with Gasteiger partial charge in [0, 0.05) is 13.1 Å². The maximum Gasteiger partial charge on any atom is 0.273 e. The van der Waals surface area contributed by atoms with Crippen molar-refractivity contribution in [2.24, 2.45) is 0 Å². The SMILES string of the molecule is COc1cc([N+](=O)[O-])ccc1NC(=O)CN(C)S(=O)(=O)c1ccc(C)cc1. The Bertz CT molecular complexity index is 957. The minimum Gasteiger partial charge on any atom is -0.494 e. The molecule has 2 aromatic rings. The summed E-state index contributed by atoms with van der Waals surface area (Å²) in [5, 5.41) is 13.3. The molecule has 0 saturated heterocycles. The number of methoxy groups -OCH3 is 1. The lowest BCUT2D eigenvalue weighted by molar-refractivity contribution is -0.384. The van der Waals surface area contributed by atoms with Crippen molar-refractivity contribution < 1.29 is 22.9 Å². The van der Waals surface area contributed by atoms with E-state index in [0.717, 1.165) is 9.87 Å². The fourth-order valence-electron chi connectivity index (χ4n) is 2.26. The van der Waals surface area contributed by atoms with Crippen LogP contribution >= 0.6 is 0 Å². The van der Waals surface area contributed by atoms with E-state index in [-0.39, 0.29) is 22.0 Å². The maximum absolute atomic E-state index is 12.5. The summed E-state index contributed by atoms with van der Waals surface area (Å²) in [5.41, 5.74) is 0.928. The van der Waals surface area contributed by atoms with Crippen molar-refractivity contribution >= 4 is 27.3 Å². The largest absolute Gasteiger partial charge is 0.494 e. The van der Waals surface area contributed by atoms with Crippen LogP contribution in [0.3, 0.4) is 0 Å². The molecule has 0 atom stereocenters. The first-order valence-corrected chi connectivity index (χ1v) is 9.24. The van der Waals surface area contributed by atoms with Crippen molar-refractivity contribution in [2.45, 2.75) is 11.8 Å². The molecule has 1 N–H and O–H groups in total. The number of rotatable bonds is 7. The topological polar surface area (TPSA) is 119 Å². The molecule has 1 amide bonds. The predicted octanol–water partition coefficient (Wildman–Crippen LogP) is 2.17. The second-order valence-electron chi connectivity index (χ2n) is 5.76. The molecule has 0 unspecified atom stereocenters. The number of ether oxygens (including phenoxy) is 1. The van der Waals surface area contributed by atoms with E-state index < -0.39 is 27.4 Å². The third-order valence-corrected chi connectivity index (χ3v) is 5.58. The zero-order valence-electron chi connectivity index (χ0n) is 15.0. The lowest BCUT2D eigenvalue weighted by Gasteiger charge is -2.17. The second kappa shape index (κ2) is 8.14. The molecule has 2 rings (SSSR count). The van der Waals surface area contributed by atoms with E-state index in [9.17, 15) is 23.3 Å². The van der Waals surface area contributed by atoms with Crippen molar-refractivity contribution in [3.63, 3.8) is 0 Å². The standard InChI is InChI=1S/C17H19N3O6S/c1-12-4-7-14(8-5-12)27(24,25)19(2)11-17(21)18-15-9-6-13(20(22)23)10-16(15)26-3/h4-10H,11H2,1-3H3,(H,18,21). The lowest BCUT2D eigenvalue weighted by Crippen LogP contribution is -2.35. The number of non-ortho nitro benzene ring substituents is 1. The second-order valence-corrected chi connectivity index (χ2v) is 7.81. The zero-order chi connectivity index (χ0) is 20.2. The molecule has 0 heterocycles. The fraction of sp³-hybridized carbons (Fsp3) is 0.235. The van der Waals surface area contributed by atoms with E-state index >= 15 is 0 Å². The van der Waals surface area contributed by atoms with Crippen LogP contribution < -0.4 is 10.1 Å². The number of benzene rings is 2. The molecule has 0 bridgehead atoms. The molecule has 0 spiro atoms. The first-order chi connectivity index (χ1) is 12.6. The van der Waals surface area contributed by atoms with Gasteiger partial charge in [-0.25, -0.2) is 8.42 Å². The average Bonchev–Trinajstić information content (AvgIpc) is 2.62. The van der Waals surface area contributed by atoms with Gasteiger partial charge in [-0.2, -0.15) is 4.31 Å². The van der Waals surface area contributed by atoms with Crippen LogP contribution in [0.15, 0.2) is 47.4 Å². The number of nitrogens with one attached hydrogen (secondary N) is 1. The summed E-state index contributed by atoms with van der Waals surface area (Å²) in [4.78, 5) is 22.5. The molecular formula is C17H19N3O6S. The molecule has 0 radical (unpaired) electrons. The average molecular weight is 393 g/mol. The summed E-state index contributed by atoms with van der Waals surface area (Å²) in [6.45, 7) is 1.40. The van der Waals surface area contributed by atoms with Gasteiger partial charge in [0.05, 0.1) is 35.2 Å². The Morgan fingerprint density at radius 3 is 2.41 bits per heavy atom. The van der Waals surface area contributed by atoms with Gasteiger partial charge in [-0.3, -0.25) is 14.9 Å². The van der Waals surface area contributed by atoms with E-state index in [4.69, 9.17) is 4.74 Å². The predicted molar refractivity (Wildman–Crippen MR) is 99.3 cm³/mol. The number of hydrogen-bond donors (Lipinski definition) is 1. The summed E-state index contributed by atoms with van der Waals surface area (Å²) >= 11 is 0. The minimum atomic E-state index is -3.82. The zero-order valence-corrected chi connectivity index (χ0v) is 15.8. The minimum absolute atomic E-state index is 0.0799. The van der Waals surface area contributed by atoms with Gasteiger partial charge in [0.25, 0.3) is 5.69 Å². The number of nitrogens with zero attached hydrogens (tertiary/aromatic N) is 2. The summed E-state index contributed by atoms with van der Waals surface area (Å²) in [6.07, 6.45) is 0.